The molecule has 2 aromatic rings. The van der Waals surface area contributed by atoms with Gasteiger partial charge in [0.05, 0.1) is 0 Å². The van der Waals surface area contributed by atoms with Crippen molar-refractivity contribution in [1.29, 1.82) is 0 Å². The molecular formula is C20H19BrN2O4. The van der Waals surface area contributed by atoms with E-state index in [1.807, 2.05) is 36.4 Å². The first-order valence-corrected chi connectivity index (χ1v) is 9.66. The minimum Gasteiger partial charge on any atom is -0.485 e. The molecule has 27 heavy (non-hydrogen) atoms. The summed E-state index contributed by atoms with van der Waals surface area (Å²) in [6.07, 6.45) is 0.688. The van der Waals surface area contributed by atoms with Gasteiger partial charge >= 0.3 is 0 Å². The first-order valence-electron chi connectivity index (χ1n) is 8.87. The molecule has 2 atom stereocenters. The fourth-order valence-electron chi connectivity index (χ4n) is 3.39. The number of benzene rings is 2. The third-order valence-electron chi connectivity index (χ3n) is 4.73. The van der Waals surface area contributed by atoms with E-state index in [0.717, 1.165) is 10.9 Å². The lowest BCUT2D eigenvalue weighted by Crippen LogP contribution is -2.51. The lowest BCUT2D eigenvalue weighted by molar-refractivity contribution is -0.145. The predicted molar refractivity (Wildman–Crippen MR) is 104 cm³/mol. The van der Waals surface area contributed by atoms with Crippen molar-refractivity contribution >= 4 is 33.4 Å². The summed E-state index contributed by atoms with van der Waals surface area (Å²) in [4.78, 5) is 27.3. The SMILES string of the molecule is O=C(Nc1ccc(Br)cc1)[C@H]1CCCN1C(=O)[C@@H]1COc2ccccc2O1. The zero-order valence-electron chi connectivity index (χ0n) is 14.6. The molecule has 0 radical (unpaired) electrons. The first kappa shape index (κ1) is 17.9. The Bertz CT molecular complexity index is 855. The number of halogens is 1. The smallest absolute Gasteiger partial charge is 0.267 e. The van der Waals surface area contributed by atoms with E-state index in [0.29, 0.717) is 30.2 Å². The minimum absolute atomic E-state index is 0.146. The summed E-state index contributed by atoms with van der Waals surface area (Å²) in [5, 5.41) is 2.89. The number of hydrogen-bond donors (Lipinski definition) is 1. The number of anilines is 1. The molecule has 2 amide bonds. The number of carbonyl (C=O) groups excluding carboxylic acids is 2. The van der Waals surface area contributed by atoms with E-state index in [1.165, 1.54) is 0 Å². The Morgan fingerprint density at radius 3 is 2.59 bits per heavy atom. The summed E-state index contributed by atoms with van der Waals surface area (Å²) < 4.78 is 12.4. The topological polar surface area (TPSA) is 67.9 Å². The number of nitrogens with zero attached hydrogens (tertiary/aromatic N) is 1. The van der Waals surface area contributed by atoms with Gasteiger partial charge in [0, 0.05) is 16.7 Å². The van der Waals surface area contributed by atoms with Gasteiger partial charge in [0.15, 0.2) is 11.5 Å². The molecule has 2 aliphatic rings. The van der Waals surface area contributed by atoms with Crippen LogP contribution < -0.4 is 14.8 Å². The van der Waals surface area contributed by atoms with E-state index in [4.69, 9.17) is 9.47 Å². The second-order valence-corrected chi connectivity index (χ2v) is 7.47. The zero-order valence-corrected chi connectivity index (χ0v) is 16.1. The van der Waals surface area contributed by atoms with Gasteiger partial charge in [-0.25, -0.2) is 0 Å². The van der Waals surface area contributed by atoms with Crippen LogP contribution in [0.2, 0.25) is 0 Å². The molecule has 0 spiro atoms. The molecule has 4 rings (SSSR count). The summed E-state index contributed by atoms with van der Waals surface area (Å²) in [6, 6.07) is 14.1. The van der Waals surface area contributed by atoms with Gasteiger partial charge in [-0.2, -0.15) is 0 Å². The molecule has 7 heteroatoms. The largest absolute Gasteiger partial charge is 0.485 e. The number of rotatable bonds is 3. The molecule has 1 fully saturated rings. The van der Waals surface area contributed by atoms with Crippen LogP contribution in [-0.2, 0) is 9.59 Å². The standard InChI is InChI=1S/C20H19BrN2O4/c21-13-7-9-14(10-8-13)22-19(24)15-4-3-11-23(15)20(25)18-12-26-16-5-1-2-6-17(16)27-18/h1-2,5-10,15,18H,3-4,11-12H2,(H,22,24)/t15-,18+/m1/s1. The molecule has 0 aliphatic carbocycles. The maximum atomic E-state index is 13.0. The molecule has 0 unspecified atom stereocenters. The van der Waals surface area contributed by atoms with Crippen LogP contribution in [-0.4, -0.2) is 42.0 Å². The van der Waals surface area contributed by atoms with Crippen molar-refractivity contribution in [2.75, 3.05) is 18.5 Å². The van der Waals surface area contributed by atoms with E-state index in [9.17, 15) is 9.59 Å². The Hall–Kier alpha value is -2.54. The molecule has 2 aromatic carbocycles. The lowest BCUT2D eigenvalue weighted by atomic mass is 10.1. The average molecular weight is 431 g/mol. The van der Waals surface area contributed by atoms with E-state index in [1.54, 1.807) is 17.0 Å². The third-order valence-corrected chi connectivity index (χ3v) is 5.26. The second-order valence-electron chi connectivity index (χ2n) is 6.55. The molecule has 1 saturated heterocycles. The van der Waals surface area contributed by atoms with Crippen LogP contribution in [0.4, 0.5) is 5.69 Å². The number of hydrogen-bond acceptors (Lipinski definition) is 4. The van der Waals surface area contributed by atoms with Crippen LogP contribution >= 0.6 is 15.9 Å². The summed E-state index contributed by atoms with van der Waals surface area (Å²) >= 11 is 3.37. The van der Waals surface area contributed by atoms with Crippen LogP contribution in [0.5, 0.6) is 11.5 Å². The fourth-order valence-corrected chi connectivity index (χ4v) is 3.65. The summed E-state index contributed by atoms with van der Waals surface area (Å²) in [5.74, 6) is 0.794. The van der Waals surface area contributed by atoms with Crippen molar-refractivity contribution < 1.29 is 19.1 Å². The van der Waals surface area contributed by atoms with Gasteiger partial charge in [0.2, 0.25) is 12.0 Å². The van der Waals surface area contributed by atoms with E-state index >= 15 is 0 Å². The number of ether oxygens (including phenoxy) is 2. The van der Waals surface area contributed by atoms with Crippen molar-refractivity contribution in [2.24, 2.45) is 0 Å². The van der Waals surface area contributed by atoms with Crippen molar-refractivity contribution in [1.82, 2.24) is 4.90 Å². The molecule has 6 nitrogen and oxygen atoms in total. The molecule has 140 valence electrons. The van der Waals surface area contributed by atoms with E-state index in [2.05, 4.69) is 21.2 Å². The molecule has 1 N–H and O–H groups in total. The number of likely N-dealkylation sites (tertiary alicyclic amines) is 1. The summed E-state index contributed by atoms with van der Waals surface area (Å²) in [6.45, 7) is 0.687. The summed E-state index contributed by atoms with van der Waals surface area (Å²) in [7, 11) is 0. The Kier molecular flexibility index (Phi) is 5.03. The third kappa shape index (κ3) is 3.78. The fraction of sp³-hybridized carbons (Fsp3) is 0.300. The highest BCUT2D eigenvalue weighted by molar-refractivity contribution is 9.10. The highest BCUT2D eigenvalue weighted by atomic mass is 79.9. The van der Waals surface area contributed by atoms with Crippen LogP contribution in [0.25, 0.3) is 0 Å². The second kappa shape index (κ2) is 7.60. The maximum Gasteiger partial charge on any atom is 0.267 e. The van der Waals surface area contributed by atoms with Gasteiger partial charge in [-0.05, 0) is 49.2 Å². The molecule has 0 saturated carbocycles. The van der Waals surface area contributed by atoms with Crippen molar-refractivity contribution in [2.45, 2.75) is 25.0 Å². The Labute approximate surface area is 165 Å². The normalized spacial score (nSPS) is 21.0. The zero-order chi connectivity index (χ0) is 18.8. The van der Waals surface area contributed by atoms with Gasteiger partial charge in [-0.3, -0.25) is 9.59 Å². The highest BCUT2D eigenvalue weighted by Crippen LogP contribution is 2.32. The van der Waals surface area contributed by atoms with Crippen LogP contribution in [0.1, 0.15) is 12.8 Å². The van der Waals surface area contributed by atoms with Crippen molar-refractivity contribution in [3.05, 3.63) is 53.0 Å². The van der Waals surface area contributed by atoms with Crippen molar-refractivity contribution in [3.63, 3.8) is 0 Å². The molecule has 2 aliphatic heterocycles. The van der Waals surface area contributed by atoms with E-state index < -0.39 is 12.1 Å². The van der Waals surface area contributed by atoms with Gasteiger partial charge in [0.25, 0.3) is 5.91 Å². The van der Waals surface area contributed by atoms with Gasteiger partial charge in [0.1, 0.15) is 12.6 Å². The number of amides is 2. The van der Waals surface area contributed by atoms with Gasteiger partial charge in [-0.15, -0.1) is 0 Å². The Morgan fingerprint density at radius 2 is 1.81 bits per heavy atom. The molecular weight excluding hydrogens is 412 g/mol. The number of para-hydroxylation sites is 2. The number of carbonyl (C=O) groups is 2. The van der Waals surface area contributed by atoms with Crippen LogP contribution in [0, 0.1) is 0 Å². The lowest BCUT2D eigenvalue weighted by Gasteiger charge is -2.31. The van der Waals surface area contributed by atoms with Gasteiger partial charge in [-0.1, -0.05) is 28.1 Å². The quantitative estimate of drug-likeness (QED) is 0.811. The molecule has 2 heterocycles. The average Bonchev–Trinajstić information content (AvgIpc) is 3.19. The molecule has 0 bridgehead atoms. The van der Waals surface area contributed by atoms with E-state index in [-0.39, 0.29) is 18.4 Å². The molecule has 0 aromatic heterocycles. The predicted octanol–water partition coefficient (Wildman–Crippen LogP) is 3.22. The highest BCUT2D eigenvalue weighted by Gasteiger charge is 2.39. The van der Waals surface area contributed by atoms with Gasteiger partial charge < -0.3 is 19.7 Å². The Balaban J connectivity index is 1.44. The summed E-state index contributed by atoms with van der Waals surface area (Å²) in [5.41, 5.74) is 0.702. The van der Waals surface area contributed by atoms with Crippen molar-refractivity contribution in [3.8, 4) is 11.5 Å². The number of fused-ring (bicyclic) bond motifs is 1. The monoisotopic (exact) mass is 430 g/mol. The number of nitrogens with one attached hydrogen (secondary N) is 1. The van der Waals surface area contributed by atoms with Crippen LogP contribution in [0.15, 0.2) is 53.0 Å². The first-order chi connectivity index (χ1) is 13.1. The Morgan fingerprint density at radius 1 is 1.07 bits per heavy atom. The minimum atomic E-state index is -0.735. The maximum absolute atomic E-state index is 13.0. The van der Waals surface area contributed by atoms with Crippen LogP contribution in [0.3, 0.4) is 0 Å².